The number of aryl methyl sites for hydroxylation is 1. The Labute approximate surface area is 151 Å². The summed E-state index contributed by atoms with van der Waals surface area (Å²) in [5.41, 5.74) is 1.06. The number of aromatic nitrogens is 4. The van der Waals surface area contributed by atoms with E-state index in [-0.39, 0.29) is 10.9 Å². The van der Waals surface area contributed by atoms with Crippen molar-refractivity contribution >= 4 is 21.1 Å². The van der Waals surface area contributed by atoms with E-state index in [0.717, 1.165) is 5.82 Å². The van der Waals surface area contributed by atoms with E-state index in [1.807, 2.05) is 14.0 Å². The Hall–Kier alpha value is -2.30. The van der Waals surface area contributed by atoms with Crippen LogP contribution in [-0.2, 0) is 16.4 Å². The van der Waals surface area contributed by atoms with Gasteiger partial charge in [0.05, 0.1) is 23.3 Å². The fourth-order valence-electron chi connectivity index (χ4n) is 3.23. The number of likely N-dealkylation sites (N-methyl/N-ethyl adjacent to an activating group) is 1. The minimum absolute atomic E-state index is 0.119. The van der Waals surface area contributed by atoms with Crippen LogP contribution in [0.3, 0.4) is 0 Å². The van der Waals surface area contributed by atoms with Crippen molar-refractivity contribution in [2.75, 3.05) is 26.7 Å². The van der Waals surface area contributed by atoms with E-state index >= 15 is 0 Å². The normalized spacial score (nSPS) is 20.0. The molecule has 0 spiro atoms. The van der Waals surface area contributed by atoms with Gasteiger partial charge in [0.15, 0.2) is 0 Å². The van der Waals surface area contributed by atoms with Gasteiger partial charge in [-0.15, -0.1) is 0 Å². The number of hydrogen-bond acceptors (Lipinski definition) is 7. The predicted molar refractivity (Wildman–Crippen MR) is 93.9 cm³/mol. The van der Waals surface area contributed by atoms with Gasteiger partial charge in [-0.3, -0.25) is 4.90 Å². The molecule has 3 aromatic heterocycles. The third kappa shape index (κ3) is 2.79. The van der Waals surface area contributed by atoms with Gasteiger partial charge >= 0.3 is 0 Å². The predicted octanol–water partition coefficient (Wildman–Crippen LogP) is 1.19. The molecule has 0 saturated carbocycles. The number of hydrogen-bond donors (Lipinski definition) is 1. The van der Waals surface area contributed by atoms with Crippen molar-refractivity contribution in [3.8, 4) is 0 Å². The van der Waals surface area contributed by atoms with Gasteiger partial charge in [-0.2, -0.15) is 4.31 Å². The zero-order valence-corrected chi connectivity index (χ0v) is 15.4. The molecule has 10 heteroatoms. The van der Waals surface area contributed by atoms with Gasteiger partial charge in [-0.05, 0) is 19.5 Å². The summed E-state index contributed by atoms with van der Waals surface area (Å²) in [6.07, 6.45) is 5.40. The number of imidazole rings is 1. The maximum Gasteiger partial charge on any atom is 0.258 e. The van der Waals surface area contributed by atoms with Crippen molar-refractivity contribution in [2.45, 2.75) is 24.3 Å². The summed E-state index contributed by atoms with van der Waals surface area (Å²) >= 11 is 0. The monoisotopic (exact) mass is 376 g/mol. The number of pyridine rings is 1. The van der Waals surface area contributed by atoms with Crippen LogP contribution in [-0.4, -0.2) is 64.4 Å². The molecule has 0 radical (unpaired) electrons. The Balaban J connectivity index is 1.67. The molecule has 0 aliphatic carbocycles. The summed E-state index contributed by atoms with van der Waals surface area (Å²) in [5.74, 6) is 0.758. The van der Waals surface area contributed by atoms with Gasteiger partial charge in [0.1, 0.15) is 10.7 Å². The summed E-state index contributed by atoms with van der Waals surface area (Å²) < 4.78 is 33.0. The molecule has 9 nitrogen and oxygen atoms in total. The second kappa shape index (κ2) is 6.45. The van der Waals surface area contributed by atoms with Gasteiger partial charge in [0.25, 0.3) is 5.71 Å². The van der Waals surface area contributed by atoms with Crippen molar-refractivity contribution in [3.05, 3.63) is 36.2 Å². The van der Waals surface area contributed by atoms with Crippen molar-refractivity contribution < 1.29 is 12.9 Å². The lowest BCUT2D eigenvalue weighted by Gasteiger charge is -2.37. The molecule has 4 rings (SSSR count). The molecule has 1 saturated heterocycles. The summed E-state index contributed by atoms with van der Waals surface area (Å²) in [6, 6.07) is 1.49. The minimum Gasteiger partial charge on any atom is -0.347 e. The van der Waals surface area contributed by atoms with E-state index < -0.39 is 10.0 Å². The Morgan fingerprint density at radius 1 is 1.35 bits per heavy atom. The van der Waals surface area contributed by atoms with E-state index in [4.69, 9.17) is 4.52 Å². The highest BCUT2D eigenvalue weighted by molar-refractivity contribution is 7.89. The lowest BCUT2D eigenvalue weighted by atomic mass is 10.2. The highest BCUT2D eigenvalue weighted by atomic mass is 32.2. The van der Waals surface area contributed by atoms with Gasteiger partial charge in [-0.1, -0.05) is 12.1 Å². The number of sulfonamides is 1. The second-order valence-corrected chi connectivity index (χ2v) is 8.28. The number of rotatable bonds is 4. The van der Waals surface area contributed by atoms with Crippen LogP contribution in [0.15, 0.2) is 34.1 Å². The van der Waals surface area contributed by atoms with Crippen molar-refractivity contribution in [1.29, 1.82) is 0 Å². The van der Waals surface area contributed by atoms with Crippen LogP contribution < -0.4 is 0 Å². The average Bonchev–Trinajstić information content (AvgIpc) is 3.31. The van der Waals surface area contributed by atoms with Crippen LogP contribution in [0.2, 0.25) is 0 Å². The summed E-state index contributed by atoms with van der Waals surface area (Å²) in [6.45, 7) is 3.30. The highest BCUT2D eigenvalue weighted by Crippen LogP contribution is 2.27. The van der Waals surface area contributed by atoms with E-state index in [1.54, 1.807) is 18.5 Å². The largest absolute Gasteiger partial charge is 0.347 e. The second-order valence-electron chi connectivity index (χ2n) is 6.34. The lowest BCUT2D eigenvalue weighted by molar-refractivity contribution is 0.142. The summed E-state index contributed by atoms with van der Waals surface area (Å²) in [5, 5.41) is 4.58. The quantitative estimate of drug-likeness (QED) is 0.728. The van der Waals surface area contributed by atoms with Crippen LogP contribution in [0.5, 0.6) is 0 Å². The first-order chi connectivity index (χ1) is 12.5. The molecule has 3 aromatic rings. The van der Waals surface area contributed by atoms with Crippen LogP contribution >= 0.6 is 0 Å². The molecule has 1 aliphatic rings. The topological polar surface area (TPSA) is 108 Å². The molecule has 4 heterocycles. The third-order valence-electron chi connectivity index (χ3n) is 4.80. The van der Waals surface area contributed by atoms with Gasteiger partial charge in [0, 0.05) is 32.0 Å². The molecule has 138 valence electrons. The van der Waals surface area contributed by atoms with E-state index in [2.05, 4.69) is 25.0 Å². The van der Waals surface area contributed by atoms with E-state index in [0.29, 0.717) is 42.8 Å². The number of aromatic amines is 1. The fourth-order valence-corrected chi connectivity index (χ4v) is 4.64. The van der Waals surface area contributed by atoms with Crippen LogP contribution in [0, 0.1) is 0 Å². The molecular formula is C16H20N6O3S. The number of fused-ring (bicyclic) bond motifs is 1. The Bertz CT molecular complexity index is 1010. The maximum atomic E-state index is 13.2. The van der Waals surface area contributed by atoms with Gasteiger partial charge in [-0.25, -0.2) is 18.4 Å². The lowest BCUT2D eigenvalue weighted by Crippen LogP contribution is -2.49. The Kier molecular flexibility index (Phi) is 4.25. The number of nitrogens with zero attached hydrogens (tertiary/aromatic N) is 5. The molecule has 1 fully saturated rings. The van der Waals surface area contributed by atoms with Gasteiger partial charge in [0.2, 0.25) is 10.0 Å². The number of H-pyrrole nitrogens is 1. The smallest absolute Gasteiger partial charge is 0.258 e. The zero-order chi connectivity index (χ0) is 18.3. The Morgan fingerprint density at radius 3 is 2.92 bits per heavy atom. The molecule has 1 aliphatic heterocycles. The minimum atomic E-state index is -3.67. The summed E-state index contributed by atoms with van der Waals surface area (Å²) in [7, 11) is -1.70. The van der Waals surface area contributed by atoms with Crippen LogP contribution in [0.1, 0.15) is 24.5 Å². The molecule has 26 heavy (non-hydrogen) atoms. The van der Waals surface area contributed by atoms with E-state index in [9.17, 15) is 8.42 Å². The maximum absolute atomic E-state index is 13.2. The number of nitrogens with one attached hydrogen (secondary N) is 1. The SMILES string of the molecule is CCc1noc2ncc(S(=O)(=O)N3CCN(C)[C@H](c4ncc[nH]4)C3)cc12. The number of piperazine rings is 1. The molecule has 0 amide bonds. The molecule has 1 atom stereocenters. The third-order valence-corrected chi connectivity index (χ3v) is 6.63. The molecule has 0 bridgehead atoms. The first kappa shape index (κ1) is 17.1. The average molecular weight is 376 g/mol. The first-order valence-corrected chi connectivity index (χ1v) is 9.88. The highest BCUT2D eigenvalue weighted by Gasteiger charge is 2.35. The molecule has 0 unspecified atom stereocenters. The van der Waals surface area contributed by atoms with Crippen LogP contribution in [0.25, 0.3) is 11.1 Å². The molecule has 0 aromatic carbocycles. The van der Waals surface area contributed by atoms with E-state index in [1.165, 1.54) is 10.5 Å². The zero-order valence-electron chi connectivity index (χ0n) is 14.6. The van der Waals surface area contributed by atoms with Crippen molar-refractivity contribution in [1.82, 2.24) is 29.3 Å². The molecule has 1 N–H and O–H groups in total. The Morgan fingerprint density at radius 2 is 2.19 bits per heavy atom. The first-order valence-electron chi connectivity index (χ1n) is 8.44. The van der Waals surface area contributed by atoms with Crippen molar-refractivity contribution in [2.24, 2.45) is 0 Å². The standard InChI is InChI=1S/C16H20N6O3S/c1-3-13-12-8-11(9-19-16(12)25-20-13)26(23,24)22-7-6-21(2)14(10-22)15-17-4-5-18-15/h4-5,8-9,14H,3,6-7,10H2,1-2H3,(H,17,18)/t14-/m0/s1. The fraction of sp³-hybridized carbons (Fsp3) is 0.438. The van der Waals surface area contributed by atoms with Crippen LogP contribution in [0.4, 0.5) is 0 Å². The van der Waals surface area contributed by atoms with Gasteiger partial charge < -0.3 is 9.51 Å². The summed E-state index contributed by atoms with van der Waals surface area (Å²) in [4.78, 5) is 13.7. The van der Waals surface area contributed by atoms with Crippen molar-refractivity contribution in [3.63, 3.8) is 0 Å². The molecular weight excluding hydrogens is 356 g/mol.